The largest absolute Gasteiger partial charge is 0.462 e. The van der Waals surface area contributed by atoms with E-state index in [1.165, 1.54) is 19.3 Å². The van der Waals surface area contributed by atoms with E-state index in [2.05, 4.69) is 33.0 Å². The Hall–Kier alpha value is 0.235. The average Bonchev–Trinajstić information content (AvgIpc) is 2.68. The second kappa shape index (κ2) is 5.21. The maximum atomic E-state index is 6.23. The van der Waals surface area contributed by atoms with Gasteiger partial charge in [0.15, 0.2) is 0 Å². The van der Waals surface area contributed by atoms with Crippen LogP contribution in [0.2, 0.25) is 5.82 Å². The van der Waals surface area contributed by atoms with Gasteiger partial charge >= 0.3 is 7.12 Å². The molecule has 2 unspecified atom stereocenters. The van der Waals surface area contributed by atoms with Gasteiger partial charge in [-0.05, 0) is 52.6 Å². The average molecular weight is 288 g/mol. The molecule has 2 aliphatic heterocycles. The van der Waals surface area contributed by atoms with Crippen LogP contribution in [0.25, 0.3) is 0 Å². The molecule has 0 spiro atoms. The molecule has 0 radical (unpaired) electrons. The summed E-state index contributed by atoms with van der Waals surface area (Å²) in [6.45, 7) is 10.8. The lowest BCUT2D eigenvalue weighted by molar-refractivity contribution is 0.00578. The summed E-state index contributed by atoms with van der Waals surface area (Å²) in [7, 11) is -0.0180. The lowest BCUT2D eigenvalue weighted by Crippen LogP contribution is -2.41. The van der Waals surface area contributed by atoms with E-state index < -0.39 is 0 Å². The van der Waals surface area contributed by atoms with Gasteiger partial charge in [0.05, 0.1) is 11.2 Å². The van der Waals surface area contributed by atoms with Crippen molar-refractivity contribution in [3.63, 3.8) is 0 Å². The first-order chi connectivity index (χ1) is 8.41. The van der Waals surface area contributed by atoms with Crippen LogP contribution in [0.15, 0.2) is 0 Å². The molecular weight excluding hydrogens is 260 g/mol. The van der Waals surface area contributed by atoms with Gasteiger partial charge in [0.1, 0.15) is 0 Å². The fourth-order valence-electron chi connectivity index (χ4n) is 3.47. The molecule has 1 saturated carbocycles. The minimum atomic E-state index is -0.190. The molecular formula is C14H27BClNO2. The van der Waals surface area contributed by atoms with Crippen molar-refractivity contribution in [2.75, 3.05) is 13.1 Å². The summed E-state index contributed by atoms with van der Waals surface area (Å²) in [5.41, 5.74) is -0.380. The van der Waals surface area contributed by atoms with Crippen molar-refractivity contribution in [2.45, 2.75) is 64.0 Å². The molecule has 5 heteroatoms. The molecule has 0 amide bonds. The van der Waals surface area contributed by atoms with E-state index >= 15 is 0 Å². The summed E-state index contributed by atoms with van der Waals surface area (Å²) in [5.74, 6) is 2.20. The Morgan fingerprint density at radius 1 is 1.00 bits per heavy atom. The lowest BCUT2D eigenvalue weighted by atomic mass is 9.59. The first kappa shape index (κ1) is 15.6. The first-order valence-corrected chi connectivity index (χ1v) is 7.47. The number of hydrogen-bond acceptors (Lipinski definition) is 3. The van der Waals surface area contributed by atoms with Gasteiger partial charge in [0.25, 0.3) is 0 Å². The maximum absolute atomic E-state index is 6.23. The highest BCUT2D eigenvalue weighted by Gasteiger charge is 2.56. The van der Waals surface area contributed by atoms with Crippen molar-refractivity contribution in [3.8, 4) is 0 Å². The molecule has 110 valence electrons. The van der Waals surface area contributed by atoms with E-state index in [1.54, 1.807) is 0 Å². The van der Waals surface area contributed by atoms with Crippen molar-refractivity contribution in [2.24, 2.45) is 11.8 Å². The van der Waals surface area contributed by atoms with Crippen LogP contribution in [0.4, 0.5) is 0 Å². The van der Waals surface area contributed by atoms with Gasteiger partial charge in [-0.3, -0.25) is 0 Å². The molecule has 0 bridgehead atoms. The molecule has 0 aromatic heterocycles. The van der Waals surface area contributed by atoms with Gasteiger partial charge in [-0.1, -0.05) is 19.3 Å². The molecule has 2 heterocycles. The highest BCUT2D eigenvalue weighted by molar-refractivity contribution is 6.47. The van der Waals surface area contributed by atoms with E-state index in [1.807, 2.05) is 0 Å². The van der Waals surface area contributed by atoms with Crippen molar-refractivity contribution in [1.82, 2.24) is 5.32 Å². The van der Waals surface area contributed by atoms with Gasteiger partial charge in [0.2, 0.25) is 0 Å². The van der Waals surface area contributed by atoms with E-state index in [9.17, 15) is 0 Å². The summed E-state index contributed by atoms with van der Waals surface area (Å²) < 4.78 is 12.5. The van der Waals surface area contributed by atoms with Crippen LogP contribution >= 0.6 is 12.4 Å². The predicted molar refractivity (Wildman–Crippen MR) is 80.8 cm³/mol. The molecule has 3 rings (SSSR count). The van der Waals surface area contributed by atoms with Crippen LogP contribution in [0.1, 0.15) is 47.0 Å². The SMILES string of the molecule is CC1(C)OB(C2CNCC2C2CCC2)OC1(C)C.Cl. The Morgan fingerprint density at radius 3 is 2.05 bits per heavy atom. The fourth-order valence-corrected chi connectivity index (χ4v) is 3.47. The van der Waals surface area contributed by atoms with Crippen LogP contribution in [0.3, 0.4) is 0 Å². The summed E-state index contributed by atoms with van der Waals surface area (Å²) in [6.07, 6.45) is 4.22. The van der Waals surface area contributed by atoms with Crippen LogP contribution in [-0.4, -0.2) is 31.4 Å². The Kier molecular flexibility index (Phi) is 4.29. The zero-order valence-electron chi connectivity index (χ0n) is 12.6. The number of rotatable bonds is 2. The monoisotopic (exact) mass is 287 g/mol. The lowest BCUT2D eigenvalue weighted by Gasteiger charge is -2.35. The molecule has 3 nitrogen and oxygen atoms in total. The topological polar surface area (TPSA) is 30.5 Å². The quantitative estimate of drug-likeness (QED) is 0.792. The molecule has 0 aromatic rings. The van der Waals surface area contributed by atoms with Crippen LogP contribution < -0.4 is 5.32 Å². The number of halogens is 1. The van der Waals surface area contributed by atoms with Crippen LogP contribution in [-0.2, 0) is 9.31 Å². The van der Waals surface area contributed by atoms with Gasteiger partial charge in [-0.2, -0.15) is 0 Å². The Bertz CT molecular complexity index is 317. The Labute approximate surface area is 123 Å². The van der Waals surface area contributed by atoms with E-state index in [4.69, 9.17) is 9.31 Å². The normalized spacial score (nSPS) is 36.9. The van der Waals surface area contributed by atoms with Crippen molar-refractivity contribution >= 4 is 19.5 Å². The smallest absolute Gasteiger partial charge is 0.403 e. The fraction of sp³-hybridized carbons (Fsp3) is 1.00. The predicted octanol–water partition coefficient (Wildman–Crippen LogP) is 2.89. The van der Waals surface area contributed by atoms with Crippen LogP contribution in [0.5, 0.6) is 0 Å². The standard InChI is InChI=1S/C14H26BNO2.ClH/c1-13(2)14(3,4)18-15(17-13)12-9-16-8-11(12)10-6-5-7-10;/h10-12,16H,5-9H2,1-4H3;1H. The molecule has 2 atom stereocenters. The molecule has 2 saturated heterocycles. The molecule has 3 aliphatic rings. The van der Waals surface area contributed by atoms with E-state index in [0.29, 0.717) is 5.82 Å². The summed E-state index contributed by atoms with van der Waals surface area (Å²) >= 11 is 0. The Balaban J connectivity index is 0.00000133. The minimum absolute atomic E-state index is 0. The minimum Gasteiger partial charge on any atom is -0.403 e. The maximum Gasteiger partial charge on any atom is 0.462 e. The summed E-state index contributed by atoms with van der Waals surface area (Å²) in [5, 5.41) is 3.54. The van der Waals surface area contributed by atoms with Crippen LogP contribution in [0, 0.1) is 11.8 Å². The molecule has 0 aromatic carbocycles. The number of nitrogens with one attached hydrogen (secondary N) is 1. The molecule has 3 fully saturated rings. The molecule has 1 aliphatic carbocycles. The molecule has 19 heavy (non-hydrogen) atoms. The summed E-state index contributed by atoms with van der Waals surface area (Å²) in [6, 6.07) is 0. The second-order valence-corrected chi connectivity index (χ2v) is 7.30. The van der Waals surface area contributed by atoms with E-state index in [0.717, 1.165) is 24.9 Å². The van der Waals surface area contributed by atoms with Crippen molar-refractivity contribution < 1.29 is 9.31 Å². The zero-order chi connectivity index (χ0) is 13.0. The summed E-state index contributed by atoms with van der Waals surface area (Å²) in [4.78, 5) is 0. The second-order valence-electron chi connectivity index (χ2n) is 7.30. The van der Waals surface area contributed by atoms with Crippen molar-refractivity contribution in [3.05, 3.63) is 0 Å². The third-order valence-electron chi connectivity index (χ3n) is 5.69. The third kappa shape index (κ3) is 2.57. The first-order valence-electron chi connectivity index (χ1n) is 7.47. The van der Waals surface area contributed by atoms with E-state index in [-0.39, 0.29) is 30.7 Å². The van der Waals surface area contributed by atoms with Gasteiger partial charge in [-0.25, -0.2) is 0 Å². The molecule has 1 N–H and O–H groups in total. The van der Waals surface area contributed by atoms with Gasteiger partial charge in [0, 0.05) is 5.82 Å². The van der Waals surface area contributed by atoms with Gasteiger partial charge < -0.3 is 14.6 Å². The zero-order valence-corrected chi connectivity index (χ0v) is 13.4. The number of hydrogen-bond donors (Lipinski definition) is 1. The third-order valence-corrected chi connectivity index (χ3v) is 5.69. The Morgan fingerprint density at radius 2 is 1.58 bits per heavy atom. The van der Waals surface area contributed by atoms with Crippen molar-refractivity contribution in [1.29, 1.82) is 0 Å². The highest BCUT2D eigenvalue weighted by atomic mass is 35.5. The van der Waals surface area contributed by atoms with Gasteiger partial charge in [-0.15, -0.1) is 12.4 Å². The highest BCUT2D eigenvalue weighted by Crippen LogP contribution is 2.47.